The molecule has 2 aromatic rings. The average Bonchev–Trinajstić information content (AvgIpc) is 2.74. The molecule has 2 rings (SSSR count). The van der Waals surface area contributed by atoms with Gasteiger partial charge in [0.25, 0.3) is 0 Å². The van der Waals surface area contributed by atoms with Gasteiger partial charge in [-0.15, -0.1) is 0 Å². The van der Waals surface area contributed by atoms with E-state index in [1.807, 2.05) is 29.8 Å². The van der Waals surface area contributed by atoms with E-state index in [1.54, 1.807) is 12.4 Å². The number of nitrogens with two attached hydrogens (primary N) is 1. The Hall–Kier alpha value is -1.43. The highest BCUT2D eigenvalue weighted by Gasteiger charge is 2.21. The molecule has 2 heterocycles. The van der Waals surface area contributed by atoms with Crippen LogP contribution in [0.1, 0.15) is 24.4 Å². The van der Waals surface area contributed by atoms with Gasteiger partial charge in [0.1, 0.15) is 6.04 Å². The quantitative estimate of drug-likeness (QED) is 0.638. The molecule has 0 aliphatic rings. The molecule has 1 unspecified atom stereocenters. The van der Waals surface area contributed by atoms with Gasteiger partial charge < -0.3 is 0 Å². The van der Waals surface area contributed by atoms with Gasteiger partial charge in [-0.25, -0.2) is 5.43 Å². The van der Waals surface area contributed by atoms with Crippen molar-refractivity contribution in [2.75, 3.05) is 0 Å². The largest absolute Gasteiger partial charge is 0.270 e. The minimum absolute atomic E-state index is 0.258. The molecule has 6 heteroatoms. The van der Waals surface area contributed by atoms with Crippen LogP contribution in [0, 0.1) is 0 Å². The van der Waals surface area contributed by atoms with Crippen molar-refractivity contribution in [2.24, 2.45) is 5.84 Å². The molecule has 0 aliphatic heterocycles. The molecule has 3 N–H and O–H groups in total. The van der Waals surface area contributed by atoms with Crippen LogP contribution in [-0.4, -0.2) is 14.8 Å². The molecule has 2 aromatic heterocycles. The second-order valence-corrected chi connectivity index (χ2v) is 3.95. The highest BCUT2D eigenvalue weighted by molar-refractivity contribution is 6.31. The summed E-state index contributed by atoms with van der Waals surface area (Å²) in [4.78, 5) is 4.28. The van der Waals surface area contributed by atoms with Gasteiger partial charge in [0.2, 0.25) is 0 Å². The second kappa shape index (κ2) is 5.27. The Labute approximate surface area is 105 Å². The van der Waals surface area contributed by atoms with Gasteiger partial charge in [0.15, 0.2) is 0 Å². The maximum Gasteiger partial charge on any atom is 0.106 e. The standard InChI is InChI=1S/C11H14ClN5/c1-2-17-11(8(12)7-15-17)10(16-13)9-5-3-4-6-14-9/h3-7,10,16H,2,13H2,1H3. The minimum atomic E-state index is -0.258. The van der Waals surface area contributed by atoms with Gasteiger partial charge in [0.05, 0.1) is 22.6 Å². The fraction of sp³-hybridized carbons (Fsp3) is 0.273. The van der Waals surface area contributed by atoms with E-state index in [1.165, 1.54) is 0 Å². The molecule has 0 bridgehead atoms. The molecule has 17 heavy (non-hydrogen) atoms. The summed E-state index contributed by atoms with van der Waals surface area (Å²) in [5, 5.41) is 4.77. The first-order valence-electron chi connectivity index (χ1n) is 5.36. The Morgan fingerprint density at radius 1 is 1.53 bits per heavy atom. The SMILES string of the molecule is CCn1ncc(Cl)c1C(NN)c1ccccn1. The molecule has 90 valence electrons. The number of pyridine rings is 1. The summed E-state index contributed by atoms with van der Waals surface area (Å²) in [6, 6.07) is 5.41. The summed E-state index contributed by atoms with van der Waals surface area (Å²) >= 11 is 6.14. The molecule has 5 nitrogen and oxygen atoms in total. The first-order chi connectivity index (χ1) is 8.27. The van der Waals surface area contributed by atoms with Gasteiger partial charge in [-0.2, -0.15) is 5.10 Å². The summed E-state index contributed by atoms with van der Waals surface area (Å²) in [6.07, 6.45) is 3.34. The molecule has 1 atom stereocenters. The van der Waals surface area contributed by atoms with Gasteiger partial charge in [-0.3, -0.25) is 15.5 Å². The Morgan fingerprint density at radius 3 is 2.94 bits per heavy atom. The summed E-state index contributed by atoms with van der Waals surface area (Å²) in [5.41, 5.74) is 4.37. The van der Waals surface area contributed by atoms with E-state index in [0.717, 1.165) is 17.9 Å². The van der Waals surface area contributed by atoms with Crippen molar-refractivity contribution in [3.63, 3.8) is 0 Å². The van der Waals surface area contributed by atoms with E-state index in [9.17, 15) is 0 Å². The van der Waals surface area contributed by atoms with Crippen LogP contribution in [0.3, 0.4) is 0 Å². The first-order valence-corrected chi connectivity index (χ1v) is 5.74. The van der Waals surface area contributed by atoms with Crippen molar-refractivity contribution < 1.29 is 0 Å². The maximum absolute atomic E-state index is 6.14. The predicted octanol–water partition coefficient (Wildman–Crippen LogP) is 1.50. The molecular formula is C11H14ClN5. The zero-order valence-electron chi connectivity index (χ0n) is 9.47. The number of aryl methyl sites for hydroxylation is 1. The second-order valence-electron chi connectivity index (χ2n) is 3.55. The molecule has 0 saturated carbocycles. The molecule has 0 aliphatic carbocycles. The Balaban J connectivity index is 2.45. The lowest BCUT2D eigenvalue weighted by molar-refractivity contribution is 0.535. The lowest BCUT2D eigenvalue weighted by atomic mass is 10.1. The van der Waals surface area contributed by atoms with Gasteiger partial charge in [-0.1, -0.05) is 17.7 Å². The maximum atomic E-state index is 6.14. The Bertz CT molecular complexity index is 482. The van der Waals surface area contributed by atoms with Crippen molar-refractivity contribution in [2.45, 2.75) is 19.5 Å². The number of nitrogens with zero attached hydrogens (tertiary/aromatic N) is 3. The predicted molar refractivity (Wildman–Crippen MR) is 66.3 cm³/mol. The minimum Gasteiger partial charge on any atom is -0.270 e. The fourth-order valence-corrected chi connectivity index (χ4v) is 2.01. The van der Waals surface area contributed by atoms with Crippen molar-refractivity contribution >= 4 is 11.6 Å². The summed E-state index contributed by atoms with van der Waals surface area (Å²) < 4.78 is 1.81. The van der Waals surface area contributed by atoms with Crippen LogP contribution >= 0.6 is 11.6 Å². The van der Waals surface area contributed by atoms with Crippen molar-refractivity contribution in [3.8, 4) is 0 Å². The van der Waals surface area contributed by atoms with Crippen molar-refractivity contribution in [1.82, 2.24) is 20.2 Å². The van der Waals surface area contributed by atoms with Gasteiger partial charge in [0, 0.05) is 12.7 Å². The average molecular weight is 252 g/mol. The third-order valence-corrected chi connectivity index (χ3v) is 2.85. The molecular weight excluding hydrogens is 238 g/mol. The van der Waals surface area contributed by atoms with E-state index in [-0.39, 0.29) is 6.04 Å². The van der Waals surface area contributed by atoms with E-state index in [0.29, 0.717) is 5.02 Å². The lowest BCUT2D eigenvalue weighted by Gasteiger charge is -2.17. The Kier molecular flexibility index (Phi) is 3.73. The van der Waals surface area contributed by atoms with Crippen LogP contribution in [0.5, 0.6) is 0 Å². The van der Waals surface area contributed by atoms with Crippen LogP contribution < -0.4 is 11.3 Å². The third kappa shape index (κ3) is 2.31. The van der Waals surface area contributed by atoms with Gasteiger partial charge in [-0.05, 0) is 19.1 Å². The topological polar surface area (TPSA) is 68.8 Å². The number of hydrazine groups is 1. The van der Waals surface area contributed by atoms with E-state index in [4.69, 9.17) is 17.4 Å². The fourth-order valence-electron chi connectivity index (χ4n) is 1.76. The van der Waals surface area contributed by atoms with E-state index >= 15 is 0 Å². The molecule has 0 radical (unpaired) electrons. The number of nitrogens with one attached hydrogen (secondary N) is 1. The number of hydrogen-bond donors (Lipinski definition) is 2. The highest BCUT2D eigenvalue weighted by Crippen LogP contribution is 2.26. The number of hydrogen-bond acceptors (Lipinski definition) is 4. The zero-order valence-corrected chi connectivity index (χ0v) is 10.2. The van der Waals surface area contributed by atoms with Crippen molar-refractivity contribution in [3.05, 3.63) is 47.0 Å². The number of halogens is 1. The molecule has 0 fully saturated rings. The smallest absolute Gasteiger partial charge is 0.106 e. The highest BCUT2D eigenvalue weighted by atomic mass is 35.5. The third-order valence-electron chi connectivity index (χ3n) is 2.56. The monoisotopic (exact) mass is 251 g/mol. The van der Waals surface area contributed by atoms with Crippen LogP contribution in [0.25, 0.3) is 0 Å². The molecule has 0 saturated heterocycles. The van der Waals surface area contributed by atoms with Crippen LogP contribution in [0.2, 0.25) is 5.02 Å². The number of aromatic nitrogens is 3. The summed E-state index contributed by atoms with van der Waals surface area (Å²) in [5.74, 6) is 5.60. The van der Waals surface area contributed by atoms with Gasteiger partial charge >= 0.3 is 0 Å². The normalized spacial score (nSPS) is 12.6. The van der Waals surface area contributed by atoms with Crippen LogP contribution in [0.15, 0.2) is 30.6 Å². The summed E-state index contributed by atoms with van der Waals surface area (Å²) in [6.45, 7) is 2.73. The number of rotatable bonds is 4. The first kappa shape index (κ1) is 12.0. The summed E-state index contributed by atoms with van der Waals surface area (Å²) in [7, 11) is 0. The zero-order chi connectivity index (χ0) is 12.3. The lowest BCUT2D eigenvalue weighted by Crippen LogP contribution is -2.31. The molecule has 0 amide bonds. The van der Waals surface area contributed by atoms with Crippen LogP contribution in [-0.2, 0) is 6.54 Å². The molecule has 0 spiro atoms. The van der Waals surface area contributed by atoms with Crippen molar-refractivity contribution in [1.29, 1.82) is 0 Å². The van der Waals surface area contributed by atoms with Crippen LogP contribution in [0.4, 0.5) is 0 Å². The molecule has 0 aromatic carbocycles. The Morgan fingerprint density at radius 2 is 2.35 bits per heavy atom. The van der Waals surface area contributed by atoms with E-state index < -0.39 is 0 Å². The van der Waals surface area contributed by atoms with E-state index in [2.05, 4.69) is 15.5 Å².